The van der Waals surface area contributed by atoms with E-state index >= 15 is 0 Å². The lowest BCUT2D eigenvalue weighted by Gasteiger charge is -2.19. The van der Waals surface area contributed by atoms with Crippen LogP contribution in [0.2, 0.25) is 0 Å². The van der Waals surface area contributed by atoms with E-state index in [4.69, 9.17) is 5.73 Å². The van der Waals surface area contributed by atoms with Crippen molar-refractivity contribution < 1.29 is 10.2 Å². The van der Waals surface area contributed by atoms with Gasteiger partial charge in [-0.3, -0.25) is 0 Å². The quantitative estimate of drug-likeness (QED) is 0.411. The van der Waals surface area contributed by atoms with Crippen molar-refractivity contribution in [3.8, 4) is 0 Å². The molecule has 0 amide bonds. The second kappa shape index (κ2) is 10.4. The Labute approximate surface area is 170 Å². The number of hydrogen-bond donors (Lipinski definition) is 3. The fourth-order valence-electron chi connectivity index (χ4n) is 4.96. The Morgan fingerprint density at radius 3 is 2.82 bits per heavy atom. The van der Waals surface area contributed by atoms with Crippen LogP contribution in [0.15, 0.2) is 48.1 Å². The molecule has 4 N–H and O–H groups in total. The lowest BCUT2D eigenvalue weighted by molar-refractivity contribution is 0.139. The molecule has 0 radical (unpaired) electrons. The molecular weight excluding hydrogens is 346 g/mol. The van der Waals surface area contributed by atoms with Gasteiger partial charge in [0.1, 0.15) is 0 Å². The normalized spacial score (nSPS) is 27.9. The summed E-state index contributed by atoms with van der Waals surface area (Å²) >= 11 is 0. The van der Waals surface area contributed by atoms with Crippen LogP contribution in [0.5, 0.6) is 0 Å². The average molecular weight is 384 g/mol. The molecule has 5 atom stereocenters. The lowest BCUT2D eigenvalue weighted by atomic mass is 9.88. The van der Waals surface area contributed by atoms with Crippen molar-refractivity contribution in [2.75, 3.05) is 0 Å². The van der Waals surface area contributed by atoms with Crippen molar-refractivity contribution in [3.05, 3.63) is 59.2 Å². The van der Waals surface area contributed by atoms with Gasteiger partial charge >= 0.3 is 0 Å². The summed E-state index contributed by atoms with van der Waals surface area (Å²) in [6.07, 6.45) is 14.1. The third kappa shape index (κ3) is 5.56. The standard InChI is InChI=1S/C25H37NO2/c1-2-3-4-8-22(27)11-12-23-24-15-19(14-21(24)16-25(23)28)10-9-18-6-5-7-20(13-18)17-26/h5-7,11-14,21-25,27-28H,2-4,8-10,15-17,26H2,1H3/t21-,22-,23+,24-,25+/m0/s1. The summed E-state index contributed by atoms with van der Waals surface area (Å²) in [5, 5.41) is 20.7. The summed E-state index contributed by atoms with van der Waals surface area (Å²) < 4.78 is 0. The Bertz CT molecular complexity index is 681. The molecule has 154 valence electrons. The van der Waals surface area contributed by atoms with E-state index in [1.165, 1.54) is 29.5 Å². The molecule has 28 heavy (non-hydrogen) atoms. The van der Waals surface area contributed by atoms with E-state index in [1.54, 1.807) is 0 Å². The van der Waals surface area contributed by atoms with E-state index in [-0.39, 0.29) is 18.1 Å². The first kappa shape index (κ1) is 21.3. The molecule has 0 aromatic heterocycles. The number of hydrogen-bond acceptors (Lipinski definition) is 3. The highest BCUT2D eigenvalue weighted by Crippen LogP contribution is 2.48. The summed E-state index contributed by atoms with van der Waals surface area (Å²) in [5.74, 6) is 1.17. The summed E-state index contributed by atoms with van der Waals surface area (Å²) in [5.41, 5.74) is 9.83. The topological polar surface area (TPSA) is 66.5 Å². The van der Waals surface area contributed by atoms with Gasteiger partial charge in [-0.05, 0) is 55.1 Å². The van der Waals surface area contributed by atoms with E-state index in [9.17, 15) is 10.2 Å². The van der Waals surface area contributed by atoms with Crippen LogP contribution in [0.3, 0.4) is 0 Å². The zero-order valence-electron chi connectivity index (χ0n) is 17.3. The summed E-state index contributed by atoms with van der Waals surface area (Å²) in [7, 11) is 0. The minimum absolute atomic E-state index is 0.181. The van der Waals surface area contributed by atoms with E-state index in [0.717, 1.165) is 38.5 Å². The molecule has 1 aromatic carbocycles. The van der Waals surface area contributed by atoms with Crippen LogP contribution in [0.25, 0.3) is 0 Å². The SMILES string of the molecule is CCCCC[C@H](O)C=C[C@@H]1[C@H]2CC(CCc3cccc(CN)c3)=C[C@H]2C[C@H]1O. The van der Waals surface area contributed by atoms with Gasteiger partial charge in [0.15, 0.2) is 0 Å². The summed E-state index contributed by atoms with van der Waals surface area (Å²) in [6.45, 7) is 2.77. The number of unbranched alkanes of at least 4 members (excludes halogenated alkanes) is 2. The van der Waals surface area contributed by atoms with Crippen LogP contribution >= 0.6 is 0 Å². The molecule has 3 rings (SSSR count). The Kier molecular flexibility index (Phi) is 7.90. The molecule has 0 saturated heterocycles. The highest BCUT2D eigenvalue weighted by molar-refractivity contribution is 5.26. The van der Waals surface area contributed by atoms with E-state index < -0.39 is 0 Å². The third-order valence-electron chi connectivity index (χ3n) is 6.57. The van der Waals surface area contributed by atoms with Crippen LogP contribution < -0.4 is 5.73 Å². The molecule has 1 fully saturated rings. The summed E-state index contributed by atoms with van der Waals surface area (Å²) in [4.78, 5) is 0. The first-order valence-electron chi connectivity index (χ1n) is 11.1. The molecule has 0 heterocycles. The number of rotatable bonds is 10. The fourth-order valence-corrected chi connectivity index (χ4v) is 4.96. The van der Waals surface area contributed by atoms with Crippen LogP contribution in [0, 0.1) is 17.8 Å². The Balaban J connectivity index is 1.51. The molecular formula is C25H37NO2. The van der Waals surface area contributed by atoms with Crippen LogP contribution in [0.1, 0.15) is 63.0 Å². The largest absolute Gasteiger partial charge is 0.392 e. The number of aryl methyl sites for hydroxylation is 1. The second-order valence-corrected chi connectivity index (χ2v) is 8.71. The van der Waals surface area contributed by atoms with Gasteiger partial charge in [0, 0.05) is 12.5 Å². The molecule has 3 nitrogen and oxygen atoms in total. The molecule has 2 aliphatic rings. The highest BCUT2D eigenvalue weighted by Gasteiger charge is 2.43. The van der Waals surface area contributed by atoms with Crippen LogP contribution in [0.4, 0.5) is 0 Å². The monoisotopic (exact) mass is 383 g/mol. The summed E-state index contributed by atoms with van der Waals surface area (Å²) in [6, 6.07) is 8.58. The van der Waals surface area contributed by atoms with E-state index in [1.807, 2.05) is 6.08 Å². The molecule has 3 heteroatoms. The van der Waals surface area contributed by atoms with Crippen molar-refractivity contribution in [1.82, 2.24) is 0 Å². The van der Waals surface area contributed by atoms with Crippen LogP contribution in [-0.4, -0.2) is 22.4 Å². The molecule has 2 aliphatic carbocycles. The van der Waals surface area contributed by atoms with Crippen molar-refractivity contribution in [2.45, 2.75) is 77.0 Å². The second-order valence-electron chi connectivity index (χ2n) is 8.71. The Hall–Kier alpha value is -1.42. The van der Waals surface area contributed by atoms with Gasteiger partial charge in [0.2, 0.25) is 0 Å². The molecule has 0 bridgehead atoms. The van der Waals surface area contributed by atoms with E-state index in [0.29, 0.717) is 18.4 Å². The van der Waals surface area contributed by atoms with Gasteiger partial charge in [-0.1, -0.05) is 74.3 Å². The predicted octanol–water partition coefficient (Wildman–Crippen LogP) is 4.52. The number of fused-ring (bicyclic) bond motifs is 1. The first-order valence-corrected chi connectivity index (χ1v) is 11.1. The number of nitrogens with two attached hydrogens (primary N) is 1. The van der Waals surface area contributed by atoms with Gasteiger partial charge in [-0.15, -0.1) is 0 Å². The maximum atomic E-state index is 10.5. The average Bonchev–Trinajstić information content (AvgIpc) is 3.21. The van der Waals surface area contributed by atoms with Crippen molar-refractivity contribution in [2.24, 2.45) is 23.5 Å². The highest BCUT2D eigenvalue weighted by atomic mass is 16.3. The van der Waals surface area contributed by atoms with Crippen molar-refractivity contribution >= 4 is 0 Å². The fraction of sp³-hybridized carbons (Fsp3) is 0.600. The van der Waals surface area contributed by atoms with Gasteiger partial charge in [-0.25, -0.2) is 0 Å². The van der Waals surface area contributed by atoms with Gasteiger partial charge in [0.25, 0.3) is 0 Å². The molecule has 0 spiro atoms. The molecule has 1 aromatic rings. The van der Waals surface area contributed by atoms with E-state index in [2.05, 4.69) is 43.3 Å². The van der Waals surface area contributed by atoms with Crippen molar-refractivity contribution in [3.63, 3.8) is 0 Å². The minimum Gasteiger partial charge on any atom is -0.392 e. The number of allylic oxidation sites excluding steroid dienone is 2. The molecule has 0 aliphatic heterocycles. The van der Waals surface area contributed by atoms with Crippen molar-refractivity contribution in [1.29, 1.82) is 0 Å². The maximum Gasteiger partial charge on any atom is 0.0721 e. The zero-order valence-corrected chi connectivity index (χ0v) is 17.3. The van der Waals surface area contributed by atoms with Gasteiger partial charge < -0.3 is 15.9 Å². The number of benzene rings is 1. The third-order valence-corrected chi connectivity index (χ3v) is 6.57. The lowest BCUT2D eigenvalue weighted by Crippen LogP contribution is -2.18. The Morgan fingerprint density at radius 1 is 1.21 bits per heavy atom. The maximum absolute atomic E-state index is 10.5. The van der Waals surface area contributed by atoms with Crippen LogP contribution in [-0.2, 0) is 13.0 Å². The zero-order chi connectivity index (χ0) is 19.9. The molecule has 1 saturated carbocycles. The van der Waals surface area contributed by atoms with Gasteiger partial charge in [0.05, 0.1) is 12.2 Å². The first-order chi connectivity index (χ1) is 13.6. The number of aliphatic hydroxyl groups is 2. The smallest absolute Gasteiger partial charge is 0.0721 e. The molecule has 0 unspecified atom stereocenters. The predicted molar refractivity (Wildman–Crippen MR) is 116 cm³/mol. The minimum atomic E-state index is -0.374. The van der Waals surface area contributed by atoms with Gasteiger partial charge in [-0.2, -0.15) is 0 Å². The Morgan fingerprint density at radius 2 is 2.04 bits per heavy atom. The number of aliphatic hydroxyl groups excluding tert-OH is 2.